The van der Waals surface area contributed by atoms with Gasteiger partial charge in [-0.05, 0) is 54.0 Å². The molecule has 5 heteroatoms. The molecule has 2 rings (SSSR count). The number of thiophene rings is 1. The van der Waals surface area contributed by atoms with Crippen molar-refractivity contribution in [2.24, 2.45) is 0 Å². The molecule has 2 unspecified atom stereocenters. The molecule has 2 atom stereocenters. The lowest BCUT2D eigenvalue weighted by Crippen LogP contribution is -2.21. The van der Waals surface area contributed by atoms with Crippen LogP contribution in [0.3, 0.4) is 0 Å². The molecule has 0 fully saturated rings. The van der Waals surface area contributed by atoms with Gasteiger partial charge in [-0.25, -0.2) is 0 Å². The van der Waals surface area contributed by atoms with Gasteiger partial charge in [-0.2, -0.15) is 0 Å². The van der Waals surface area contributed by atoms with Crippen LogP contribution in [0.25, 0.3) is 0 Å². The van der Waals surface area contributed by atoms with Gasteiger partial charge in [0.25, 0.3) is 0 Å². The molecule has 0 saturated carbocycles. The molecule has 0 aliphatic heterocycles. The van der Waals surface area contributed by atoms with Crippen molar-refractivity contribution in [3.8, 4) is 0 Å². The highest BCUT2D eigenvalue weighted by Crippen LogP contribution is 2.29. The summed E-state index contributed by atoms with van der Waals surface area (Å²) in [5.74, 6) is 0.923. The van der Waals surface area contributed by atoms with Crippen LogP contribution in [-0.2, 0) is 0 Å². The molecule has 17 heavy (non-hydrogen) atoms. The van der Waals surface area contributed by atoms with E-state index in [0.717, 1.165) is 14.8 Å². The van der Waals surface area contributed by atoms with E-state index in [4.69, 9.17) is 16.0 Å². The van der Waals surface area contributed by atoms with Crippen molar-refractivity contribution in [3.63, 3.8) is 0 Å². The third kappa shape index (κ3) is 3.35. The molecule has 2 aromatic heterocycles. The zero-order chi connectivity index (χ0) is 12.4. The first-order valence-electron chi connectivity index (χ1n) is 5.33. The second-order valence-electron chi connectivity index (χ2n) is 3.89. The molecule has 92 valence electrons. The SMILES string of the molecule is CC(NC(C)c1ccc(Cl)s1)c1ccc(Br)o1. The molecule has 0 spiro atoms. The average Bonchev–Trinajstić information content (AvgIpc) is 2.87. The second kappa shape index (κ2) is 5.57. The molecule has 0 saturated heterocycles. The Hall–Kier alpha value is -0.290. The Bertz CT molecular complexity index is 452. The van der Waals surface area contributed by atoms with E-state index < -0.39 is 0 Å². The summed E-state index contributed by atoms with van der Waals surface area (Å²) in [5.41, 5.74) is 0. The van der Waals surface area contributed by atoms with Gasteiger partial charge in [0.1, 0.15) is 5.76 Å². The zero-order valence-electron chi connectivity index (χ0n) is 9.54. The Morgan fingerprint density at radius 2 is 2.00 bits per heavy atom. The summed E-state index contributed by atoms with van der Waals surface area (Å²) in [6.07, 6.45) is 0. The molecular formula is C12H13BrClNOS. The van der Waals surface area contributed by atoms with Gasteiger partial charge >= 0.3 is 0 Å². The largest absolute Gasteiger partial charge is 0.453 e. The van der Waals surface area contributed by atoms with E-state index in [-0.39, 0.29) is 12.1 Å². The van der Waals surface area contributed by atoms with E-state index in [0.29, 0.717) is 0 Å². The minimum atomic E-state index is 0.164. The van der Waals surface area contributed by atoms with E-state index >= 15 is 0 Å². The van der Waals surface area contributed by atoms with Gasteiger partial charge < -0.3 is 9.73 Å². The predicted molar refractivity (Wildman–Crippen MR) is 75.7 cm³/mol. The van der Waals surface area contributed by atoms with Gasteiger partial charge in [0.05, 0.1) is 10.4 Å². The maximum atomic E-state index is 5.93. The van der Waals surface area contributed by atoms with E-state index in [2.05, 4.69) is 41.2 Å². The highest BCUT2D eigenvalue weighted by Gasteiger charge is 2.15. The molecule has 0 aliphatic carbocycles. The van der Waals surface area contributed by atoms with Crippen molar-refractivity contribution >= 4 is 38.9 Å². The lowest BCUT2D eigenvalue weighted by molar-refractivity contribution is 0.395. The van der Waals surface area contributed by atoms with Crippen molar-refractivity contribution < 1.29 is 4.42 Å². The smallest absolute Gasteiger partial charge is 0.169 e. The summed E-state index contributed by atoms with van der Waals surface area (Å²) >= 11 is 10.8. The summed E-state index contributed by atoms with van der Waals surface area (Å²) in [6, 6.07) is 8.27. The Morgan fingerprint density at radius 1 is 1.24 bits per heavy atom. The fourth-order valence-corrected chi connectivity index (χ4v) is 3.05. The molecule has 0 radical (unpaired) electrons. The molecule has 1 N–H and O–H groups in total. The Labute approximate surface area is 118 Å². The Balaban J connectivity index is 2.01. The summed E-state index contributed by atoms with van der Waals surface area (Å²) in [4.78, 5) is 1.23. The highest BCUT2D eigenvalue weighted by atomic mass is 79.9. The summed E-state index contributed by atoms with van der Waals surface area (Å²) < 4.78 is 7.10. The normalized spacial score (nSPS) is 14.8. The third-order valence-corrected chi connectivity index (χ3v) is 4.38. The summed E-state index contributed by atoms with van der Waals surface area (Å²) in [6.45, 7) is 4.20. The van der Waals surface area contributed by atoms with Gasteiger partial charge in [-0.3, -0.25) is 0 Å². The van der Waals surface area contributed by atoms with E-state index in [1.165, 1.54) is 4.88 Å². The van der Waals surface area contributed by atoms with Gasteiger partial charge in [0.15, 0.2) is 4.67 Å². The van der Waals surface area contributed by atoms with E-state index in [1.54, 1.807) is 11.3 Å². The number of hydrogen-bond acceptors (Lipinski definition) is 3. The van der Waals surface area contributed by atoms with Gasteiger partial charge in [0.2, 0.25) is 0 Å². The highest BCUT2D eigenvalue weighted by molar-refractivity contribution is 9.10. The van der Waals surface area contributed by atoms with Crippen LogP contribution in [0.15, 0.2) is 33.4 Å². The number of halogens is 2. The lowest BCUT2D eigenvalue weighted by atomic mass is 10.2. The molecule has 0 aromatic carbocycles. The number of nitrogens with one attached hydrogen (secondary N) is 1. The molecular weight excluding hydrogens is 322 g/mol. The molecule has 0 aliphatic rings. The Kier molecular flexibility index (Phi) is 4.31. The van der Waals surface area contributed by atoms with Gasteiger partial charge in [0, 0.05) is 10.9 Å². The van der Waals surface area contributed by atoms with Crippen molar-refractivity contribution in [3.05, 3.63) is 43.9 Å². The minimum Gasteiger partial charge on any atom is -0.453 e. The molecule has 2 nitrogen and oxygen atoms in total. The Morgan fingerprint density at radius 3 is 2.53 bits per heavy atom. The summed E-state index contributed by atoms with van der Waals surface area (Å²) in [7, 11) is 0. The number of hydrogen-bond donors (Lipinski definition) is 1. The predicted octanol–water partition coefficient (Wildman–Crippen LogP) is 5.17. The lowest BCUT2D eigenvalue weighted by Gasteiger charge is -2.17. The maximum Gasteiger partial charge on any atom is 0.169 e. The standard InChI is InChI=1S/C12H13BrClNOS/c1-7(9-3-5-11(13)16-9)15-8(2)10-4-6-12(14)17-10/h3-8,15H,1-2H3. The van der Waals surface area contributed by atoms with E-state index in [9.17, 15) is 0 Å². The topological polar surface area (TPSA) is 25.2 Å². The average molecular weight is 335 g/mol. The van der Waals surface area contributed by atoms with E-state index in [1.807, 2.05) is 18.2 Å². The van der Waals surface area contributed by atoms with Crippen LogP contribution >= 0.6 is 38.9 Å². The first-order chi connectivity index (χ1) is 8.06. The molecule has 2 heterocycles. The molecule has 0 amide bonds. The first kappa shape index (κ1) is 13.1. The first-order valence-corrected chi connectivity index (χ1v) is 7.31. The maximum absolute atomic E-state index is 5.93. The monoisotopic (exact) mass is 333 g/mol. The van der Waals surface area contributed by atoms with Crippen molar-refractivity contribution in [2.45, 2.75) is 25.9 Å². The number of furan rings is 1. The summed E-state index contributed by atoms with van der Waals surface area (Å²) in [5, 5.41) is 3.48. The second-order valence-corrected chi connectivity index (χ2v) is 6.42. The molecule has 0 bridgehead atoms. The van der Waals surface area contributed by atoms with Crippen LogP contribution in [0.5, 0.6) is 0 Å². The number of rotatable bonds is 4. The quantitative estimate of drug-likeness (QED) is 0.834. The van der Waals surface area contributed by atoms with Gasteiger partial charge in [-0.1, -0.05) is 11.6 Å². The van der Waals surface area contributed by atoms with Crippen molar-refractivity contribution in [1.82, 2.24) is 5.32 Å². The fourth-order valence-electron chi connectivity index (χ4n) is 1.66. The van der Waals surface area contributed by atoms with Gasteiger partial charge in [-0.15, -0.1) is 11.3 Å². The van der Waals surface area contributed by atoms with Crippen LogP contribution in [0.2, 0.25) is 4.34 Å². The van der Waals surface area contributed by atoms with Crippen LogP contribution in [0.1, 0.15) is 36.6 Å². The zero-order valence-corrected chi connectivity index (χ0v) is 12.7. The van der Waals surface area contributed by atoms with Crippen molar-refractivity contribution in [2.75, 3.05) is 0 Å². The van der Waals surface area contributed by atoms with Crippen LogP contribution in [0.4, 0.5) is 0 Å². The van der Waals surface area contributed by atoms with Crippen LogP contribution < -0.4 is 5.32 Å². The fraction of sp³-hybridized carbons (Fsp3) is 0.333. The van der Waals surface area contributed by atoms with Crippen molar-refractivity contribution in [1.29, 1.82) is 0 Å². The minimum absolute atomic E-state index is 0.164. The molecule has 2 aromatic rings. The van der Waals surface area contributed by atoms with Crippen LogP contribution in [-0.4, -0.2) is 0 Å². The third-order valence-electron chi connectivity index (χ3n) is 2.54. The van der Waals surface area contributed by atoms with Crippen LogP contribution in [0, 0.1) is 0 Å².